The molecule has 0 atom stereocenters. The Morgan fingerprint density at radius 3 is 2.67 bits per heavy atom. The maximum atomic E-state index is 12.9. The Morgan fingerprint density at radius 1 is 1.17 bits per heavy atom. The van der Waals surface area contributed by atoms with Crippen molar-refractivity contribution in [1.82, 2.24) is 5.32 Å². The van der Waals surface area contributed by atoms with Crippen LogP contribution < -0.4 is 10.1 Å². The molecule has 0 heterocycles. The van der Waals surface area contributed by atoms with Crippen molar-refractivity contribution in [3.05, 3.63) is 30.1 Å². The Labute approximate surface area is 109 Å². The lowest BCUT2D eigenvalue weighted by molar-refractivity contribution is 0.299. The van der Waals surface area contributed by atoms with Gasteiger partial charge in [0.2, 0.25) is 0 Å². The molecule has 1 fully saturated rings. The maximum Gasteiger partial charge on any atom is 0.126 e. The van der Waals surface area contributed by atoms with E-state index >= 15 is 0 Å². The average Bonchev–Trinajstić information content (AvgIpc) is 2.63. The van der Waals surface area contributed by atoms with Gasteiger partial charge >= 0.3 is 0 Å². The molecule has 0 amide bonds. The van der Waals surface area contributed by atoms with Gasteiger partial charge < -0.3 is 10.1 Å². The van der Waals surface area contributed by atoms with Crippen LogP contribution in [0.25, 0.3) is 0 Å². The van der Waals surface area contributed by atoms with Gasteiger partial charge in [0.25, 0.3) is 0 Å². The van der Waals surface area contributed by atoms with Crippen LogP contribution in [0.2, 0.25) is 0 Å². The summed E-state index contributed by atoms with van der Waals surface area (Å²) in [5, 5.41) is 3.53. The fourth-order valence-corrected chi connectivity index (χ4v) is 2.47. The van der Waals surface area contributed by atoms with Crippen LogP contribution in [0.3, 0.4) is 0 Å². The van der Waals surface area contributed by atoms with E-state index < -0.39 is 0 Å². The van der Waals surface area contributed by atoms with E-state index in [2.05, 4.69) is 5.32 Å². The molecule has 0 spiro atoms. The van der Waals surface area contributed by atoms with Gasteiger partial charge in [0.05, 0.1) is 0 Å². The Balaban J connectivity index is 1.63. The van der Waals surface area contributed by atoms with Crippen LogP contribution >= 0.6 is 0 Å². The second-order valence-corrected chi connectivity index (χ2v) is 4.95. The Kier molecular flexibility index (Phi) is 5.46. The van der Waals surface area contributed by atoms with Crippen LogP contribution in [0.1, 0.15) is 38.5 Å². The van der Waals surface area contributed by atoms with Crippen molar-refractivity contribution in [3.63, 3.8) is 0 Å². The topological polar surface area (TPSA) is 21.3 Å². The van der Waals surface area contributed by atoms with Crippen molar-refractivity contribution in [2.45, 2.75) is 44.6 Å². The van der Waals surface area contributed by atoms with Gasteiger partial charge in [-0.25, -0.2) is 4.39 Å². The number of ether oxygens (including phenoxy) is 1. The van der Waals surface area contributed by atoms with Crippen molar-refractivity contribution >= 4 is 0 Å². The van der Waals surface area contributed by atoms with E-state index in [1.165, 1.54) is 50.7 Å². The third-order valence-corrected chi connectivity index (χ3v) is 3.46. The summed E-state index contributed by atoms with van der Waals surface area (Å²) < 4.78 is 18.4. The van der Waals surface area contributed by atoms with Gasteiger partial charge in [-0.1, -0.05) is 31.7 Å². The predicted octanol–water partition coefficient (Wildman–Crippen LogP) is 3.52. The van der Waals surface area contributed by atoms with Crippen LogP contribution in [0.5, 0.6) is 5.75 Å². The largest absolute Gasteiger partial charge is 0.492 e. The molecule has 18 heavy (non-hydrogen) atoms. The fraction of sp³-hybridized carbons (Fsp3) is 0.600. The van der Waals surface area contributed by atoms with Gasteiger partial charge in [-0.15, -0.1) is 0 Å². The number of nitrogens with one attached hydrogen (secondary N) is 1. The summed E-state index contributed by atoms with van der Waals surface area (Å²) >= 11 is 0. The van der Waals surface area contributed by atoms with E-state index in [1.807, 2.05) is 0 Å². The summed E-state index contributed by atoms with van der Waals surface area (Å²) in [7, 11) is 0. The fourth-order valence-electron chi connectivity index (χ4n) is 2.47. The average molecular weight is 251 g/mol. The maximum absolute atomic E-state index is 12.9. The standard InChI is InChI=1S/C15H22FNO/c16-13-6-5-9-15(12-13)18-11-10-17-14-7-3-1-2-4-8-14/h5-6,9,12,14,17H,1-4,7-8,10-11H2. The molecule has 1 saturated carbocycles. The van der Waals surface area contributed by atoms with Gasteiger partial charge in [-0.2, -0.15) is 0 Å². The number of benzene rings is 1. The lowest BCUT2D eigenvalue weighted by Gasteiger charge is -2.16. The van der Waals surface area contributed by atoms with Gasteiger partial charge in [-0.05, 0) is 25.0 Å². The zero-order valence-corrected chi connectivity index (χ0v) is 10.8. The smallest absolute Gasteiger partial charge is 0.126 e. The summed E-state index contributed by atoms with van der Waals surface area (Å²) in [6, 6.07) is 6.95. The van der Waals surface area contributed by atoms with Gasteiger partial charge in [0, 0.05) is 18.7 Å². The molecule has 2 rings (SSSR count). The molecule has 100 valence electrons. The molecule has 1 aliphatic carbocycles. The zero-order valence-electron chi connectivity index (χ0n) is 10.8. The Hall–Kier alpha value is -1.09. The Bertz CT molecular complexity index is 348. The van der Waals surface area contributed by atoms with Crippen molar-refractivity contribution in [1.29, 1.82) is 0 Å². The van der Waals surface area contributed by atoms with Gasteiger partial charge in [-0.3, -0.25) is 0 Å². The molecule has 0 aromatic heterocycles. The van der Waals surface area contributed by atoms with E-state index in [1.54, 1.807) is 12.1 Å². The van der Waals surface area contributed by atoms with E-state index in [0.717, 1.165) is 6.54 Å². The van der Waals surface area contributed by atoms with Gasteiger partial charge in [0.1, 0.15) is 18.2 Å². The molecule has 0 radical (unpaired) electrons. The number of hydrogen-bond acceptors (Lipinski definition) is 2. The molecule has 1 aliphatic rings. The minimum Gasteiger partial charge on any atom is -0.492 e. The molecule has 3 heteroatoms. The normalized spacial score (nSPS) is 17.4. The molecule has 1 aromatic rings. The molecule has 0 saturated heterocycles. The molecule has 0 aliphatic heterocycles. The zero-order chi connectivity index (χ0) is 12.6. The highest BCUT2D eigenvalue weighted by atomic mass is 19.1. The lowest BCUT2D eigenvalue weighted by atomic mass is 10.1. The molecular formula is C15H22FNO. The SMILES string of the molecule is Fc1cccc(OCCNC2CCCCCC2)c1. The number of hydrogen-bond donors (Lipinski definition) is 1. The van der Waals surface area contributed by atoms with Crippen LogP contribution in [0, 0.1) is 5.82 Å². The monoisotopic (exact) mass is 251 g/mol. The first kappa shape index (κ1) is 13.3. The van der Waals surface area contributed by atoms with E-state index in [9.17, 15) is 4.39 Å². The van der Waals surface area contributed by atoms with Crippen molar-refractivity contribution in [2.75, 3.05) is 13.2 Å². The first-order valence-electron chi connectivity index (χ1n) is 6.96. The quantitative estimate of drug-likeness (QED) is 0.638. The van der Waals surface area contributed by atoms with E-state index in [0.29, 0.717) is 18.4 Å². The molecule has 2 nitrogen and oxygen atoms in total. The second-order valence-electron chi connectivity index (χ2n) is 4.95. The van der Waals surface area contributed by atoms with Crippen LogP contribution in [-0.2, 0) is 0 Å². The highest BCUT2D eigenvalue weighted by Gasteiger charge is 2.10. The first-order valence-corrected chi connectivity index (χ1v) is 6.96. The molecule has 0 unspecified atom stereocenters. The molecule has 1 N–H and O–H groups in total. The summed E-state index contributed by atoms with van der Waals surface area (Å²) in [4.78, 5) is 0. The van der Waals surface area contributed by atoms with E-state index in [-0.39, 0.29) is 5.82 Å². The Morgan fingerprint density at radius 2 is 1.94 bits per heavy atom. The van der Waals surface area contributed by atoms with Gasteiger partial charge in [0.15, 0.2) is 0 Å². The summed E-state index contributed by atoms with van der Waals surface area (Å²) in [5.74, 6) is 0.363. The minimum absolute atomic E-state index is 0.246. The van der Waals surface area contributed by atoms with Crippen molar-refractivity contribution in [2.24, 2.45) is 0 Å². The third kappa shape index (κ3) is 4.65. The van der Waals surface area contributed by atoms with Crippen LogP contribution in [0.15, 0.2) is 24.3 Å². The molecule has 0 bridgehead atoms. The molecule has 1 aromatic carbocycles. The van der Waals surface area contributed by atoms with Crippen molar-refractivity contribution < 1.29 is 9.13 Å². The summed E-state index contributed by atoms with van der Waals surface area (Å²) in [6.45, 7) is 1.43. The number of halogens is 1. The highest BCUT2D eigenvalue weighted by molar-refractivity contribution is 5.22. The summed E-state index contributed by atoms with van der Waals surface area (Å²) in [5.41, 5.74) is 0. The second kappa shape index (κ2) is 7.37. The summed E-state index contributed by atoms with van der Waals surface area (Å²) in [6.07, 6.45) is 7.97. The third-order valence-electron chi connectivity index (χ3n) is 3.46. The van der Waals surface area contributed by atoms with Crippen LogP contribution in [0.4, 0.5) is 4.39 Å². The minimum atomic E-state index is -0.246. The predicted molar refractivity (Wildman–Crippen MR) is 71.4 cm³/mol. The highest BCUT2D eigenvalue weighted by Crippen LogP contribution is 2.17. The van der Waals surface area contributed by atoms with E-state index in [4.69, 9.17) is 4.74 Å². The molecular weight excluding hydrogens is 229 g/mol. The number of rotatable bonds is 5. The van der Waals surface area contributed by atoms with Crippen LogP contribution in [-0.4, -0.2) is 19.2 Å². The lowest BCUT2D eigenvalue weighted by Crippen LogP contribution is -2.32. The van der Waals surface area contributed by atoms with Crippen molar-refractivity contribution in [3.8, 4) is 5.75 Å². The first-order chi connectivity index (χ1) is 8.84.